The number of hydrogen-bond acceptors (Lipinski definition) is 20. The fraction of sp³-hybridized carbons (Fsp3) is 0.944. The van der Waals surface area contributed by atoms with Crippen LogP contribution in [0.1, 0.15) is 96.8 Å². The van der Waals surface area contributed by atoms with Crippen LogP contribution in [0.15, 0.2) is 12.2 Å². The number of aliphatic hydroxyl groups excluding tert-OH is 1. The Kier molecular flexibility index (Phi) is 68.1. The predicted octanol–water partition coefficient (Wildman–Crippen LogP) is 5.84. The van der Waals surface area contributed by atoms with Crippen LogP contribution >= 0.6 is 0 Å². The van der Waals surface area contributed by atoms with Gasteiger partial charge in [-0.1, -0.05) is 70.4 Å². The number of esters is 1. The smallest absolute Gasteiger partial charge is 0.305 e. The quantitative estimate of drug-likeness (QED) is 0.0432. The Labute approximate surface area is 446 Å². The first kappa shape index (κ1) is 72.5. The van der Waals surface area contributed by atoms with Crippen molar-refractivity contribution in [2.24, 2.45) is 0 Å². The number of carbonyl (C=O) groups is 1. The molecule has 0 aromatic carbocycles. The zero-order chi connectivity index (χ0) is 53.1. The molecule has 1 N–H and O–H groups in total. The lowest BCUT2D eigenvalue weighted by Gasteiger charge is -2.09. The number of ether oxygens (including phenoxy) is 18. The molecule has 20 nitrogen and oxygen atoms in total. The first-order chi connectivity index (χ1) is 36.8. The van der Waals surface area contributed by atoms with Crippen LogP contribution < -0.4 is 0 Å². The van der Waals surface area contributed by atoms with E-state index in [0.717, 1.165) is 12.8 Å². The van der Waals surface area contributed by atoms with E-state index in [-0.39, 0.29) is 19.2 Å². The van der Waals surface area contributed by atoms with Gasteiger partial charge in [0.25, 0.3) is 0 Å². The van der Waals surface area contributed by atoms with Crippen molar-refractivity contribution in [3.8, 4) is 0 Å². The van der Waals surface area contributed by atoms with Crippen molar-refractivity contribution in [2.45, 2.75) is 96.8 Å². The second-order valence-corrected chi connectivity index (χ2v) is 16.7. The standard InChI is InChI=1S/C54H106O20/c1-2-3-4-5-6-7-8-9-10-11-12-13-14-15-16-17-54(56)74-53-52-73-51-50-72-49-48-71-47-46-70-45-44-69-43-42-68-41-40-67-39-38-66-37-36-65-35-34-64-33-32-63-31-30-62-29-28-61-27-26-60-25-24-59-23-22-58-21-20-57-19-18-55/h9-10,55H,2-8,11-53H2,1H3/b10-9-. The third-order valence-electron chi connectivity index (χ3n) is 10.3. The van der Waals surface area contributed by atoms with E-state index in [1.807, 2.05) is 0 Å². The summed E-state index contributed by atoms with van der Waals surface area (Å²) in [5.74, 6) is -0.146. The Bertz CT molecular complexity index is 1050. The van der Waals surface area contributed by atoms with Crippen LogP contribution in [0.2, 0.25) is 0 Å². The van der Waals surface area contributed by atoms with Crippen LogP contribution in [-0.4, -0.2) is 249 Å². The van der Waals surface area contributed by atoms with Crippen molar-refractivity contribution in [1.82, 2.24) is 0 Å². The van der Waals surface area contributed by atoms with Crippen molar-refractivity contribution in [3.05, 3.63) is 12.2 Å². The Hall–Kier alpha value is -1.51. The minimum absolute atomic E-state index is 0.0193. The Balaban J connectivity index is 3.13. The van der Waals surface area contributed by atoms with Crippen LogP contribution in [-0.2, 0) is 90.1 Å². The summed E-state index contributed by atoms with van der Waals surface area (Å²) in [5, 5.41) is 8.61. The van der Waals surface area contributed by atoms with Gasteiger partial charge < -0.3 is 90.4 Å². The molecule has 0 bridgehead atoms. The normalized spacial score (nSPS) is 11.8. The molecule has 0 rings (SSSR count). The first-order valence-electron chi connectivity index (χ1n) is 28.0. The molecule has 0 saturated carbocycles. The first-order valence-corrected chi connectivity index (χ1v) is 28.0. The zero-order valence-corrected chi connectivity index (χ0v) is 46.2. The van der Waals surface area contributed by atoms with Gasteiger partial charge >= 0.3 is 5.97 Å². The summed E-state index contributed by atoms with van der Waals surface area (Å²) in [5.41, 5.74) is 0. The fourth-order valence-electron chi connectivity index (χ4n) is 6.31. The van der Waals surface area contributed by atoms with Crippen molar-refractivity contribution in [1.29, 1.82) is 0 Å². The molecule has 0 atom stereocenters. The zero-order valence-electron chi connectivity index (χ0n) is 46.2. The summed E-state index contributed by atoms with van der Waals surface area (Å²) in [6, 6.07) is 0. The molecule has 0 spiro atoms. The van der Waals surface area contributed by atoms with Crippen LogP contribution in [0.5, 0.6) is 0 Å². The second kappa shape index (κ2) is 69.5. The van der Waals surface area contributed by atoms with Gasteiger partial charge in [0.2, 0.25) is 0 Å². The summed E-state index contributed by atoms with van der Waals surface area (Å²) >= 11 is 0. The van der Waals surface area contributed by atoms with Gasteiger partial charge in [0.05, 0.1) is 231 Å². The second-order valence-electron chi connectivity index (χ2n) is 16.7. The Morgan fingerprint density at radius 2 is 0.473 bits per heavy atom. The number of unbranched alkanes of at least 4 members (excludes halogenated alkanes) is 11. The summed E-state index contributed by atoms with van der Waals surface area (Å²) < 4.78 is 98.2. The van der Waals surface area contributed by atoms with Crippen LogP contribution in [0.3, 0.4) is 0 Å². The number of hydrogen-bond donors (Lipinski definition) is 1. The molecule has 0 aliphatic carbocycles. The maximum absolute atomic E-state index is 11.9. The van der Waals surface area contributed by atoms with Gasteiger partial charge in [0.15, 0.2) is 0 Å². The molecule has 0 radical (unpaired) electrons. The van der Waals surface area contributed by atoms with Crippen LogP contribution in [0.4, 0.5) is 0 Å². The van der Waals surface area contributed by atoms with E-state index >= 15 is 0 Å². The molecule has 0 fully saturated rings. The number of allylic oxidation sites excluding steroid dienone is 2. The number of rotatable bonds is 68. The van der Waals surface area contributed by atoms with Crippen molar-refractivity contribution >= 4 is 5.97 Å². The van der Waals surface area contributed by atoms with Gasteiger partial charge in [-0.15, -0.1) is 0 Å². The SMILES string of the molecule is CCCCCCCC/C=C\CCCCCCCC(=O)OCCOCCOCCOCCOCCOCCOCCOCCOCCOCCOCCOCCOCCOCCOCCOCCOCCOCCO. The van der Waals surface area contributed by atoms with E-state index in [1.54, 1.807) is 0 Å². The number of carbonyl (C=O) groups excluding carboxylic acids is 1. The van der Waals surface area contributed by atoms with Gasteiger partial charge in [-0.05, 0) is 32.1 Å². The molecule has 0 saturated heterocycles. The third-order valence-corrected chi connectivity index (χ3v) is 10.3. The van der Waals surface area contributed by atoms with Crippen molar-refractivity contribution < 1.29 is 95.2 Å². The summed E-state index contributed by atoms with van der Waals surface area (Å²) in [4.78, 5) is 11.9. The molecule has 74 heavy (non-hydrogen) atoms. The van der Waals surface area contributed by atoms with Gasteiger partial charge in [-0.2, -0.15) is 0 Å². The van der Waals surface area contributed by atoms with E-state index in [9.17, 15) is 4.79 Å². The molecule has 0 aromatic heterocycles. The molecule has 0 aliphatic rings. The Morgan fingerprint density at radius 3 is 0.716 bits per heavy atom. The highest BCUT2D eigenvalue weighted by Crippen LogP contribution is 2.10. The molecular formula is C54H106O20. The average molecular weight is 1080 g/mol. The lowest BCUT2D eigenvalue weighted by Crippen LogP contribution is -2.16. The van der Waals surface area contributed by atoms with Crippen molar-refractivity contribution in [2.75, 3.05) is 238 Å². The van der Waals surface area contributed by atoms with Crippen molar-refractivity contribution in [3.63, 3.8) is 0 Å². The molecule has 0 unspecified atom stereocenters. The van der Waals surface area contributed by atoms with Gasteiger partial charge in [-0.25, -0.2) is 0 Å². The molecule has 20 heteroatoms. The highest BCUT2D eigenvalue weighted by molar-refractivity contribution is 5.69. The maximum atomic E-state index is 11.9. The lowest BCUT2D eigenvalue weighted by molar-refractivity contribution is -0.145. The molecule has 0 aliphatic heterocycles. The third kappa shape index (κ3) is 68.5. The largest absolute Gasteiger partial charge is 0.463 e. The molecule has 0 heterocycles. The number of aliphatic hydroxyl groups is 1. The predicted molar refractivity (Wildman–Crippen MR) is 281 cm³/mol. The highest BCUT2D eigenvalue weighted by atomic mass is 16.6. The topological polar surface area (TPSA) is 203 Å². The average Bonchev–Trinajstić information content (AvgIpc) is 3.41. The maximum Gasteiger partial charge on any atom is 0.305 e. The highest BCUT2D eigenvalue weighted by Gasteiger charge is 2.03. The van der Waals surface area contributed by atoms with Gasteiger partial charge in [-0.3, -0.25) is 4.79 Å². The van der Waals surface area contributed by atoms with E-state index in [0.29, 0.717) is 231 Å². The summed E-state index contributed by atoms with van der Waals surface area (Å²) in [6.07, 6.45) is 21.3. The minimum Gasteiger partial charge on any atom is -0.463 e. The molecule has 442 valence electrons. The molecule has 0 amide bonds. The summed E-state index contributed by atoms with van der Waals surface area (Å²) in [6.45, 7) is 18.8. The van der Waals surface area contributed by atoms with Gasteiger partial charge in [0.1, 0.15) is 6.61 Å². The van der Waals surface area contributed by atoms with E-state index < -0.39 is 0 Å². The monoisotopic (exact) mass is 1070 g/mol. The van der Waals surface area contributed by atoms with E-state index in [4.69, 9.17) is 90.4 Å². The van der Waals surface area contributed by atoms with Crippen LogP contribution in [0.25, 0.3) is 0 Å². The molecular weight excluding hydrogens is 969 g/mol. The van der Waals surface area contributed by atoms with Gasteiger partial charge in [0, 0.05) is 6.42 Å². The minimum atomic E-state index is -0.146. The fourth-order valence-corrected chi connectivity index (χ4v) is 6.31. The lowest BCUT2D eigenvalue weighted by atomic mass is 10.1. The Morgan fingerprint density at radius 1 is 0.270 bits per heavy atom. The van der Waals surface area contributed by atoms with Crippen LogP contribution in [0, 0.1) is 0 Å². The van der Waals surface area contributed by atoms with E-state index in [1.165, 1.54) is 70.6 Å². The summed E-state index contributed by atoms with van der Waals surface area (Å²) in [7, 11) is 0. The van der Waals surface area contributed by atoms with E-state index in [2.05, 4.69) is 19.1 Å². The molecule has 0 aromatic rings.